The average Bonchev–Trinajstić information content (AvgIpc) is 3.15. The summed E-state index contributed by atoms with van der Waals surface area (Å²) in [5.74, 6) is 0. The number of anilines is 1. The zero-order valence-corrected chi connectivity index (χ0v) is 17.9. The first kappa shape index (κ1) is 20.2. The maximum Gasteiger partial charge on any atom is 0.261 e. The second-order valence-corrected chi connectivity index (χ2v) is 9.26. The molecule has 3 aromatic carbocycles. The van der Waals surface area contributed by atoms with Crippen LogP contribution >= 0.6 is 0 Å². The van der Waals surface area contributed by atoms with Gasteiger partial charge in [-0.05, 0) is 60.9 Å². The summed E-state index contributed by atoms with van der Waals surface area (Å²) in [7, 11) is 0.402. The molecular formula is C24H25N3O2S. The van der Waals surface area contributed by atoms with E-state index in [1.165, 1.54) is 0 Å². The van der Waals surface area contributed by atoms with Crippen LogP contribution in [-0.2, 0) is 16.6 Å². The highest BCUT2D eigenvalue weighted by atomic mass is 32.2. The predicted molar refractivity (Wildman–Crippen MR) is 123 cm³/mol. The Bertz CT molecular complexity index is 1240. The van der Waals surface area contributed by atoms with Gasteiger partial charge in [0.05, 0.1) is 16.1 Å². The van der Waals surface area contributed by atoms with Crippen molar-refractivity contribution >= 4 is 26.6 Å². The average molecular weight is 420 g/mol. The minimum atomic E-state index is -3.67. The SMILES string of the molecule is CN(C)CCn1ccc2ccc(NS(=O)(=O)c3ccc(-c4ccccc4)cc3)cc21. The first-order chi connectivity index (χ1) is 14.4. The van der Waals surface area contributed by atoms with Gasteiger partial charge in [-0.3, -0.25) is 4.72 Å². The number of likely N-dealkylation sites (N-methyl/N-ethyl adjacent to an activating group) is 1. The van der Waals surface area contributed by atoms with Gasteiger partial charge >= 0.3 is 0 Å². The van der Waals surface area contributed by atoms with E-state index < -0.39 is 10.0 Å². The molecule has 0 amide bonds. The fourth-order valence-electron chi connectivity index (χ4n) is 3.42. The minimum Gasteiger partial charge on any atom is -0.346 e. The molecule has 0 bridgehead atoms. The summed E-state index contributed by atoms with van der Waals surface area (Å²) in [4.78, 5) is 2.36. The van der Waals surface area contributed by atoms with Crippen LogP contribution in [0, 0.1) is 0 Å². The number of hydrogen-bond donors (Lipinski definition) is 1. The van der Waals surface area contributed by atoms with Crippen LogP contribution in [0.25, 0.3) is 22.0 Å². The van der Waals surface area contributed by atoms with Crippen molar-refractivity contribution in [2.45, 2.75) is 11.4 Å². The zero-order chi connectivity index (χ0) is 21.1. The van der Waals surface area contributed by atoms with Crippen molar-refractivity contribution < 1.29 is 8.42 Å². The fourth-order valence-corrected chi connectivity index (χ4v) is 4.47. The molecule has 0 unspecified atom stereocenters. The molecule has 154 valence electrons. The van der Waals surface area contributed by atoms with Crippen molar-refractivity contribution in [3.8, 4) is 11.1 Å². The highest BCUT2D eigenvalue weighted by molar-refractivity contribution is 7.92. The Hall–Kier alpha value is -3.09. The Morgan fingerprint density at radius 2 is 1.57 bits per heavy atom. The number of aromatic nitrogens is 1. The molecule has 0 radical (unpaired) electrons. The van der Waals surface area contributed by atoms with Gasteiger partial charge in [0.15, 0.2) is 0 Å². The van der Waals surface area contributed by atoms with Crippen LogP contribution in [-0.4, -0.2) is 38.5 Å². The predicted octanol–water partition coefficient (Wildman–Crippen LogP) is 4.67. The normalized spacial score (nSPS) is 11.8. The fraction of sp³-hybridized carbons (Fsp3) is 0.167. The third-order valence-electron chi connectivity index (χ3n) is 5.09. The van der Waals surface area contributed by atoms with Gasteiger partial charge in [0.2, 0.25) is 0 Å². The number of nitrogens with one attached hydrogen (secondary N) is 1. The molecule has 6 heteroatoms. The van der Waals surface area contributed by atoms with E-state index in [0.717, 1.165) is 35.1 Å². The maximum atomic E-state index is 12.9. The summed E-state index contributed by atoms with van der Waals surface area (Å²) >= 11 is 0. The number of fused-ring (bicyclic) bond motifs is 1. The van der Waals surface area contributed by atoms with E-state index >= 15 is 0 Å². The van der Waals surface area contributed by atoms with Crippen LogP contribution in [0.3, 0.4) is 0 Å². The van der Waals surface area contributed by atoms with Gasteiger partial charge in [-0.1, -0.05) is 48.5 Å². The summed E-state index contributed by atoms with van der Waals surface area (Å²) < 4.78 is 30.7. The lowest BCUT2D eigenvalue weighted by atomic mass is 10.1. The van der Waals surface area contributed by atoms with E-state index in [0.29, 0.717) is 5.69 Å². The molecule has 1 heterocycles. The van der Waals surface area contributed by atoms with E-state index in [9.17, 15) is 8.42 Å². The van der Waals surface area contributed by atoms with Gasteiger partial charge in [0.25, 0.3) is 10.0 Å². The summed E-state index contributed by atoms with van der Waals surface area (Å²) in [6.07, 6.45) is 2.04. The van der Waals surface area contributed by atoms with Gasteiger partial charge in [0.1, 0.15) is 0 Å². The largest absolute Gasteiger partial charge is 0.346 e. The number of hydrogen-bond acceptors (Lipinski definition) is 3. The van der Waals surface area contributed by atoms with Crippen molar-refractivity contribution in [3.05, 3.63) is 85.1 Å². The molecule has 0 spiro atoms. The van der Waals surface area contributed by atoms with Crippen molar-refractivity contribution in [2.75, 3.05) is 25.4 Å². The first-order valence-corrected chi connectivity index (χ1v) is 11.3. The second kappa shape index (κ2) is 8.34. The van der Waals surface area contributed by atoms with E-state index in [2.05, 4.69) is 14.2 Å². The molecule has 4 rings (SSSR count). The van der Waals surface area contributed by atoms with Crippen molar-refractivity contribution in [1.29, 1.82) is 0 Å². The number of nitrogens with zero attached hydrogens (tertiary/aromatic N) is 2. The van der Waals surface area contributed by atoms with Crippen molar-refractivity contribution in [2.24, 2.45) is 0 Å². The molecule has 1 N–H and O–H groups in total. The van der Waals surface area contributed by atoms with Gasteiger partial charge in [-0.25, -0.2) is 8.42 Å². The molecule has 0 fully saturated rings. The number of benzene rings is 3. The smallest absolute Gasteiger partial charge is 0.261 e. The Morgan fingerprint density at radius 3 is 2.27 bits per heavy atom. The molecule has 4 aromatic rings. The molecule has 0 aliphatic carbocycles. The third kappa shape index (κ3) is 4.40. The molecule has 5 nitrogen and oxygen atoms in total. The Morgan fingerprint density at radius 1 is 0.867 bits per heavy atom. The standard InChI is InChI=1S/C24H25N3O2S/c1-26(2)16-17-27-15-14-21-8-11-22(18-24(21)27)25-30(28,29)23-12-9-20(10-13-23)19-6-4-3-5-7-19/h3-15,18,25H,16-17H2,1-2H3. The third-order valence-corrected chi connectivity index (χ3v) is 6.48. The van der Waals surface area contributed by atoms with E-state index in [1.54, 1.807) is 18.2 Å². The summed E-state index contributed by atoms with van der Waals surface area (Å²) in [6.45, 7) is 1.75. The van der Waals surface area contributed by atoms with Gasteiger partial charge in [-0.15, -0.1) is 0 Å². The summed E-state index contributed by atoms with van der Waals surface area (Å²) in [5, 5.41) is 1.09. The minimum absolute atomic E-state index is 0.241. The van der Waals surface area contributed by atoms with Gasteiger partial charge < -0.3 is 9.47 Å². The van der Waals surface area contributed by atoms with Crippen LogP contribution in [0.5, 0.6) is 0 Å². The van der Waals surface area contributed by atoms with Gasteiger partial charge in [-0.2, -0.15) is 0 Å². The quantitative estimate of drug-likeness (QED) is 0.474. The molecule has 0 aliphatic rings. The summed E-state index contributed by atoms with van der Waals surface area (Å²) in [6, 6.07) is 24.5. The molecule has 0 saturated carbocycles. The Labute approximate surface area is 177 Å². The Balaban J connectivity index is 1.57. The molecule has 30 heavy (non-hydrogen) atoms. The van der Waals surface area contributed by atoms with E-state index in [-0.39, 0.29) is 4.90 Å². The van der Waals surface area contributed by atoms with Crippen molar-refractivity contribution in [3.63, 3.8) is 0 Å². The van der Waals surface area contributed by atoms with Crippen LogP contribution in [0.15, 0.2) is 90.0 Å². The molecule has 1 aromatic heterocycles. The number of rotatable bonds is 7. The lowest BCUT2D eigenvalue weighted by molar-refractivity contribution is 0.387. The Kier molecular flexibility index (Phi) is 5.61. The first-order valence-electron chi connectivity index (χ1n) is 9.84. The highest BCUT2D eigenvalue weighted by Gasteiger charge is 2.15. The monoisotopic (exact) mass is 419 g/mol. The van der Waals surface area contributed by atoms with Crippen molar-refractivity contribution in [1.82, 2.24) is 9.47 Å². The molecule has 0 atom stereocenters. The second-order valence-electron chi connectivity index (χ2n) is 7.58. The van der Waals surface area contributed by atoms with E-state index in [4.69, 9.17) is 0 Å². The highest BCUT2D eigenvalue weighted by Crippen LogP contribution is 2.25. The van der Waals surface area contributed by atoms with Gasteiger partial charge in [0, 0.05) is 19.3 Å². The van der Waals surface area contributed by atoms with Crippen LogP contribution in [0.2, 0.25) is 0 Å². The number of sulfonamides is 1. The lowest BCUT2D eigenvalue weighted by Gasteiger charge is -2.12. The topological polar surface area (TPSA) is 54.3 Å². The molecule has 0 saturated heterocycles. The maximum absolute atomic E-state index is 12.9. The van der Waals surface area contributed by atoms with E-state index in [1.807, 2.05) is 81.0 Å². The zero-order valence-electron chi connectivity index (χ0n) is 17.1. The summed E-state index contributed by atoms with van der Waals surface area (Å²) in [5.41, 5.74) is 3.60. The van der Waals surface area contributed by atoms with Crippen LogP contribution in [0.4, 0.5) is 5.69 Å². The molecular weight excluding hydrogens is 394 g/mol. The van der Waals surface area contributed by atoms with Crippen LogP contribution in [0.1, 0.15) is 0 Å². The lowest BCUT2D eigenvalue weighted by Crippen LogP contribution is -2.18. The molecule has 0 aliphatic heterocycles. The van der Waals surface area contributed by atoms with Crippen LogP contribution < -0.4 is 4.72 Å².